The number of amides is 2. The molecule has 0 radical (unpaired) electrons. The van der Waals surface area contributed by atoms with Gasteiger partial charge in [0.1, 0.15) is 0 Å². The SMILES string of the molecule is CC(C)(C)CN1C(=O)[C@@]2(C)[C@@H]3CC[C@@H](O3)[C@@]2(C)C1=O. The molecular formula is C15H23NO3. The van der Waals surface area contributed by atoms with E-state index in [0.717, 1.165) is 12.8 Å². The molecule has 0 N–H and O–H groups in total. The Bertz CT molecular complexity index is 433. The van der Waals surface area contributed by atoms with Crippen molar-refractivity contribution in [3.05, 3.63) is 0 Å². The highest BCUT2D eigenvalue weighted by Gasteiger charge is 2.77. The van der Waals surface area contributed by atoms with Gasteiger partial charge in [0.2, 0.25) is 11.8 Å². The van der Waals surface area contributed by atoms with E-state index in [9.17, 15) is 9.59 Å². The quantitative estimate of drug-likeness (QED) is 0.681. The van der Waals surface area contributed by atoms with E-state index in [4.69, 9.17) is 4.74 Å². The van der Waals surface area contributed by atoms with Crippen LogP contribution in [0.4, 0.5) is 0 Å². The third kappa shape index (κ3) is 1.33. The lowest BCUT2D eigenvalue weighted by Crippen LogP contribution is -2.48. The number of carbonyl (C=O) groups is 2. The molecule has 0 aromatic heterocycles. The van der Waals surface area contributed by atoms with Gasteiger partial charge in [0.05, 0.1) is 23.0 Å². The first-order valence-electron chi connectivity index (χ1n) is 7.14. The van der Waals surface area contributed by atoms with Crippen LogP contribution in [0.1, 0.15) is 47.5 Å². The van der Waals surface area contributed by atoms with Crippen LogP contribution in [0.15, 0.2) is 0 Å². The van der Waals surface area contributed by atoms with E-state index in [1.54, 1.807) is 0 Å². The highest BCUT2D eigenvalue weighted by molar-refractivity contribution is 6.10. The first-order chi connectivity index (χ1) is 8.62. The van der Waals surface area contributed by atoms with Crippen LogP contribution in [-0.4, -0.2) is 35.5 Å². The number of carbonyl (C=O) groups excluding carboxylic acids is 2. The zero-order valence-electron chi connectivity index (χ0n) is 12.4. The molecule has 0 aromatic carbocycles. The maximum atomic E-state index is 12.8. The molecule has 3 aliphatic rings. The summed E-state index contributed by atoms with van der Waals surface area (Å²) in [6.45, 7) is 10.5. The van der Waals surface area contributed by atoms with Gasteiger partial charge in [0, 0.05) is 6.54 Å². The van der Waals surface area contributed by atoms with E-state index >= 15 is 0 Å². The fourth-order valence-electron chi connectivity index (χ4n) is 4.15. The van der Waals surface area contributed by atoms with Gasteiger partial charge in [0.15, 0.2) is 0 Å². The molecule has 0 aromatic rings. The Morgan fingerprint density at radius 2 is 1.53 bits per heavy atom. The summed E-state index contributed by atoms with van der Waals surface area (Å²) in [6, 6.07) is 0. The first kappa shape index (κ1) is 13.1. The van der Waals surface area contributed by atoms with Crippen molar-refractivity contribution in [3.63, 3.8) is 0 Å². The number of likely N-dealkylation sites (tertiary alicyclic amines) is 1. The fourth-order valence-corrected chi connectivity index (χ4v) is 4.15. The zero-order valence-corrected chi connectivity index (χ0v) is 12.4. The van der Waals surface area contributed by atoms with Gasteiger partial charge in [0.25, 0.3) is 0 Å². The lowest BCUT2D eigenvalue weighted by Gasteiger charge is -2.36. The summed E-state index contributed by atoms with van der Waals surface area (Å²) in [4.78, 5) is 27.1. The molecule has 3 saturated heterocycles. The fraction of sp³-hybridized carbons (Fsp3) is 0.867. The molecule has 3 heterocycles. The summed E-state index contributed by atoms with van der Waals surface area (Å²) in [7, 11) is 0. The predicted molar refractivity (Wildman–Crippen MR) is 70.3 cm³/mol. The molecule has 2 amide bonds. The molecule has 106 valence electrons. The van der Waals surface area contributed by atoms with Crippen LogP contribution in [0, 0.1) is 16.2 Å². The highest BCUT2D eigenvalue weighted by atomic mass is 16.5. The zero-order chi connectivity index (χ0) is 14.2. The molecule has 0 spiro atoms. The molecule has 4 nitrogen and oxygen atoms in total. The third-order valence-electron chi connectivity index (χ3n) is 5.40. The Kier molecular flexibility index (Phi) is 2.35. The smallest absolute Gasteiger partial charge is 0.238 e. The summed E-state index contributed by atoms with van der Waals surface area (Å²) >= 11 is 0. The molecule has 3 fully saturated rings. The first-order valence-corrected chi connectivity index (χ1v) is 7.14. The van der Waals surface area contributed by atoms with Crippen molar-refractivity contribution < 1.29 is 14.3 Å². The van der Waals surface area contributed by atoms with Crippen molar-refractivity contribution in [1.29, 1.82) is 0 Å². The van der Waals surface area contributed by atoms with Crippen LogP contribution in [0.2, 0.25) is 0 Å². The number of fused-ring (bicyclic) bond motifs is 5. The number of hydrogen-bond acceptors (Lipinski definition) is 3. The van der Waals surface area contributed by atoms with E-state index in [1.165, 1.54) is 4.90 Å². The molecule has 0 aliphatic carbocycles. The van der Waals surface area contributed by atoms with E-state index in [2.05, 4.69) is 20.8 Å². The second kappa shape index (κ2) is 3.40. The number of nitrogens with zero attached hydrogens (tertiary/aromatic N) is 1. The van der Waals surface area contributed by atoms with E-state index in [-0.39, 0.29) is 29.4 Å². The summed E-state index contributed by atoms with van der Waals surface area (Å²) in [5.41, 5.74) is -1.38. The predicted octanol–water partition coefficient (Wildman–Crippen LogP) is 1.98. The van der Waals surface area contributed by atoms with Gasteiger partial charge in [-0.05, 0) is 32.1 Å². The van der Waals surface area contributed by atoms with E-state index in [1.807, 2.05) is 13.8 Å². The lowest BCUT2D eigenvalue weighted by atomic mass is 9.59. The molecule has 3 rings (SSSR count). The normalized spacial score (nSPS) is 45.2. The minimum atomic E-state index is -0.655. The Hall–Kier alpha value is -0.900. The minimum absolute atomic E-state index is 0.0258. The number of rotatable bonds is 1. The van der Waals surface area contributed by atoms with Crippen molar-refractivity contribution in [3.8, 4) is 0 Å². The average Bonchev–Trinajstić information content (AvgIpc) is 2.89. The molecule has 19 heavy (non-hydrogen) atoms. The van der Waals surface area contributed by atoms with Crippen LogP contribution in [-0.2, 0) is 14.3 Å². The van der Waals surface area contributed by atoms with Gasteiger partial charge in [-0.3, -0.25) is 14.5 Å². The molecular weight excluding hydrogens is 242 g/mol. The van der Waals surface area contributed by atoms with E-state index in [0.29, 0.717) is 6.54 Å². The minimum Gasteiger partial charge on any atom is -0.373 e. The third-order valence-corrected chi connectivity index (χ3v) is 5.40. The van der Waals surface area contributed by atoms with Crippen molar-refractivity contribution in [2.24, 2.45) is 16.2 Å². The Morgan fingerprint density at radius 1 is 1.11 bits per heavy atom. The van der Waals surface area contributed by atoms with Gasteiger partial charge in [-0.15, -0.1) is 0 Å². The van der Waals surface area contributed by atoms with Crippen molar-refractivity contribution in [1.82, 2.24) is 4.90 Å². The Balaban J connectivity index is 2.03. The average molecular weight is 265 g/mol. The summed E-state index contributed by atoms with van der Waals surface area (Å²) in [6.07, 6.45) is 1.64. The summed E-state index contributed by atoms with van der Waals surface area (Å²) in [5.74, 6) is -0.0516. The summed E-state index contributed by atoms with van der Waals surface area (Å²) < 4.78 is 5.90. The van der Waals surface area contributed by atoms with Crippen LogP contribution in [0.25, 0.3) is 0 Å². The number of ether oxygens (including phenoxy) is 1. The van der Waals surface area contributed by atoms with Crippen molar-refractivity contribution >= 4 is 11.8 Å². The van der Waals surface area contributed by atoms with Crippen LogP contribution in [0.5, 0.6) is 0 Å². The Labute approximate surface area is 114 Å². The number of imide groups is 1. The lowest BCUT2D eigenvalue weighted by molar-refractivity contribution is -0.146. The molecule has 4 heteroatoms. The molecule has 0 saturated carbocycles. The van der Waals surface area contributed by atoms with Crippen LogP contribution >= 0.6 is 0 Å². The second-order valence-electron chi connectivity index (χ2n) is 7.85. The van der Waals surface area contributed by atoms with Crippen LogP contribution < -0.4 is 0 Å². The molecule has 2 bridgehead atoms. The maximum Gasteiger partial charge on any atom is 0.238 e. The number of hydrogen-bond donors (Lipinski definition) is 0. The highest BCUT2D eigenvalue weighted by Crippen LogP contribution is 2.64. The van der Waals surface area contributed by atoms with Crippen molar-refractivity contribution in [2.45, 2.75) is 59.7 Å². The molecule has 3 aliphatic heterocycles. The largest absolute Gasteiger partial charge is 0.373 e. The van der Waals surface area contributed by atoms with Gasteiger partial charge in [-0.25, -0.2) is 0 Å². The van der Waals surface area contributed by atoms with E-state index < -0.39 is 10.8 Å². The molecule has 4 atom stereocenters. The maximum absolute atomic E-state index is 12.8. The van der Waals surface area contributed by atoms with Gasteiger partial charge >= 0.3 is 0 Å². The van der Waals surface area contributed by atoms with Crippen LogP contribution in [0.3, 0.4) is 0 Å². The monoisotopic (exact) mass is 265 g/mol. The molecule has 0 unspecified atom stereocenters. The van der Waals surface area contributed by atoms with Gasteiger partial charge in [-0.1, -0.05) is 20.8 Å². The topological polar surface area (TPSA) is 46.6 Å². The second-order valence-corrected chi connectivity index (χ2v) is 7.85. The van der Waals surface area contributed by atoms with Gasteiger partial charge in [-0.2, -0.15) is 0 Å². The van der Waals surface area contributed by atoms with Crippen molar-refractivity contribution in [2.75, 3.05) is 6.54 Å². The standard InChI is InChI=1S/C15H23NO3/c1-13(2,3)8-16-11(17)14(4)9-6-7-10(19-9)15(14,5)12(16)18/h9-10H,6-8H2,1-5H3/t9-,10+,14+,15-. The Morgan fingerprint density at radius 3 is 1.89 bits per heavy atom. The van der Waals surface area contributed by atoms with Gasteiger partial charge < -0.3 is 4.74 Å². The summed E-state index contributed by atoms with van der Waals surface area (Å²) in [5, 5.41) is 0.